The molecule has 0 saturated carbocycles. The smallest absolute Gasteiger partial charge is 0.158 e. The maximum Gasteiger partial charge on any atom is 0.158 e. The topological polar surface area (TPSA) is 64.1 Å². The highest BCUT2D eigenvalue weighted by Gasteiger charge is 2.23. The second-order valence-corrected chi connectivity index (χ2v) is 5.09. The van der Waals surface area contributed by atoms with Crippen molar-refractivity contribution in [3.8, 4) is 11.3 Å². The van der Waals surface area contributed by atoms with E-state index < -0.39 is 0 Å². The van der Waals surface area contributed by atoms with Gasteiger partial charge in [0.25, 0.3) is 0 Å². The van der Waals surface area contributed by atoms with Crippen LogP contribution in [0.25, 0.3) is 16.8 Å². The molecule has 7 heteroatoms. The Bertz CT molecular complexity index is 781. The quantitative estimate of drug-likeness (QED) is 0.695. The molecule has 0 aliphatic carbocycles. The molecule has 0 N–H and O–H groups in total. The van der Waals surface area contributed by atoms with E-state index in [0.29, 0.717) is 0 Å². The molecule has 4 rings (SSSR count). The lowest BCUT2D eigenvalue weighted by molar-refractivity contribution is 0.608. The van der Waals surface area contributed by atoms with Gasteiger partial charge in [-0.1, -0.05) is 0 Å². The Hall–Kier alpha value is -2.44. The van der Waals surface area contributed by atoms with Crippen LogP contribution < -0.4 is 4.90 Å². The number of aromatic nitrogens is 6. The van der Waals surface area contributed by atoms with Crippen LogP contribution >= 0.6 is 0 Å². The number of fused-ring (bicyclic) bond motifs is 1. The molecule has 20 heavy (non-hydrogen) atoms. The van der Waals surface area contributed by atoms with Gasteiger partial charge in [-0.15, -0.1) is 0 Å². The average molecular weight is 269 g/mol. The molecule has 4 heterocycles. The monoisotopic (exact) mass is 269 g/mol. The Balaban J connectivity index is 2.00. The fourth-order valence-electron chi connectivity index (χ4n) is 2.56. The zero-order chi connectivity index (χ0) is 13.7. The van der Waals surface area contributed by atoms with Crippen molar-refractivity contribution in [3.05, 3.63) is 24.5 Å². The maximum atomic E-state index is 4.66. The lowest BCUT2D eigenvalue weighted by Crippen LogP contribution is -2.38. The summed E-state index contributed by atoms with van der Waals surface area (Å²) in [5.74, 6) is 1.83. The Morgan fingerprint density at radius 1 is 1.20 bits per heavy atom. The van der Waals surface area contributed by atoms with E-state index in [4.69, 9.17) is 0 Å². The van der Waals surface area contributed by atoms with Gasteiger partial charge in [-0.05, 0) is 13.3 Å². The summed E-state index contributed by atoms with van der Waals surface area (Å²) < 4.78 is 3.64. The van der Waals surface area contributed by atoms with E-state index in [1.165, 1.54) is 6.42 Å². The van der Waals surface area contributed by atoms with Crippen molar-refractivity contribution in [2.75, 3.05) is 18.0 Å². The highest BCUT2D eigenvalue weighted by atomic mass is 15.3. The molecule has 1 fully saturated rings. The predicted molar refractivity (Wildman–Crippen MR) is 74.6 cm³/mol. The van der Waals surface area contributed by atoms with Gasteiger partial charge in [-0.2, -0.15) is 10.2 Å². The number of imidazole rings is 1. The summed E-state index contributed by atoms with van der Waals surface area (Å²) >= 11 is 0. The van der Waals surface area contributed by atoms with Gasteiger partial charge >= 0.3 is 0 Å². The first-order valence-corrected chi connectivity index (χ1v) is 6.68. The molecule has 1 aliphatic rings. The fraction of sp³-hybridized carbons (Fsp3) is 0.385. The molecule has 3 aromatic heterocycles. The lowest BCUT2D eigenvalue weighted by atomic mass is 10.2. The highest BCUT2D eigenvalue weighted by Crippen LogP contribution is 2.31. The first-order valence-electron chi connectivity index (χ1n) is 6.68. The summed E-state index contributed by atoms with van der Waals surface area (Å²) in [5, 5.41) is 8.56. The molecule has 3 aromatic rings. The number of hydrogen-bond acceptors (Lipinski definition) is 5. The van der Waals surface area contributed by atoms with Crippen molar-refractivity contribution in [1.82, 2.24) is 29.4 Å². The van der Waals surface area contributed by atoms with Crippen molar-refractivity contribution >= 4 is 11.3 Å². The average Bonchev–Trinajstić information content (AvgIpc) is 2.93. The summed E-state index contributed by atoms with van der Waals surface area (Å²) in [6.45, 7) is 4.05. The van der Waals surface area contributed by atoms with E-state index >= 15 is 0 Å². The largest absolute Gasteiger partial charge is 0.355 e. The standard InChI is InChI=1S/C13H15N7/c1-9-17-11(10-6-15-18(2)7-10)12-13(19-4-3-5-19)14-8-16-20(9)12/h6-8H,3-5H2,1-2H3. The van der Waals surface area contributed by atoms with Gasteiger partial charge in [-0.25, -0.2) is 14.5 Å². The van der Waals surface area contributed by atoms with E-state index in [9.17, 15) is 0 Å². The molecule has 0 atom stereocenters. The van der Waals surface area contributed by atoms with E-state index in [0.717, 1.165) is 41.5 Å². The van der Waals surface area contributed by atoms with Crippen molar-refractivity contribution < 1.29 is 0 Å². The summed E-state index contributed by atoms with van der Waals surface area (Å²) in [4.78, 5) is 11.4. The van der Waals surface area contributed by atoms with Crippen LogP contribution in [0.5, 0.6) is 0 Å². The molecular formula is C13H15N7. The summed E-state index contributed by atoms with van der Waals surface area (Å²) in [5.41, 5.74) is 2.87. The Kier molecular flexibility index (Phi) is 2.29. The third kappa shape index (κ3) is 1.52. The molecule has 0 aromatic carbocycles. The molecule has 0 unspecified atom stereocenters. The minimum atomic E-state index is 0.864. The van der Waals surface area contributed by atoms with Gasteiger partial charge in [0.2, 0.25) is 0 Å². The van der Waals surface area contributed by atoms with Gasteiger partial charge in [0, 0.05) is 31.9 Å². The SMILES string of the molecule is Cc1nc(-c2cnn(C)c2)c2c(N3CCC3)ncnn12. The van der Waals surface area contributed by atoms with E-state index in [1.807, 2.05) is 30.9 Å². The molecule has 1 saturated heterocycles. The summed E-state index contributed by atoms with van der Waals surface area (Å²) in [6.07, 6.45) is 6.61. The van der Waals surface area contributed by atoms with Gasteiger partial charge < -0.3 is 4.90 Å². The number of rotatable bonds is 2. The second kappa shape index (κ2) is 4.03. The molecule has 102 valence electrons. The van der Waals surface area contributed by atoms with Gasteiger partial charge in [0.15, 0.2) is 5.82 Å². The third-order valence-electron chi connectivity index (χ3n) is 3.71. The Morgan fingerprint density at radius 2 is 2.05 bits per heavy atom. The minimum Gasteiger partial charge on any atom is -0.355 e. The van der Waals surface area contributed by atoms with Crippen LogP contribution in [-0.4, -0.2) is 42.5 Å². The summed E-state index contributed by atoms with van der Waals surface area (Å²) in [6, 6.07) is 0. The van der Waals surface area contributed by atoms with Crippen molar-refractivity contribution in [2.45, 2.75) is 13.3 Å². The third-order valence-corrected chi connectivity index (χ3v) is 3.71. The maximum absolute atomic E-state index is 4.66. The van der Waals surface area contributed by atoms with Crippen LogP contribution in [0.2, 0.25) is 0 Å². The number of aryl methyl sites for hydroxylation is 2. The predicted octanol–water partition coefficient (Wildman–Crippen LogP) is 1.04. The van der Waals surface area contributed by atoms with Gasteiger partial charge in [0.05, 0.1) is 6.20 Å². The lowest BCUT2D eigenvalue weighted by Gasteiger charge is -2.32. The Morgan fingerprint density at radius 3 is 2.70 bits per heavy atom. The molecule has 0 bridgehead atoms. The van der Waals surface area contributed by atoms with Crippen molar-refractivity contribution in [3.63, 3.8) is 0 Å². The molecule has 7 nitrogen and oxygen atoms in total. The number of nitrogens with zero attached hydrogens (tertiary/aromatic N) is 7. The van der Waals surface area contributed by atoms with Crippen molar-refractivity contribution in [1.29, 1.82) is 0 Å². The van der Waals surface area contributed by atoms with E-state index in [-0.39, 0.29) is 0 Å². The van der Waals surface area contributed by atoms with Gasteiger partial charge in [-0.3, -0.25) is 4.68 Å². The number of anilines is 1. The van der Waals surface area contributed by atoms with Gasteiger partial charge in [0.1, 0.15) is 23.4 Å². The summed E-state index contributed by atoms with van der Waals surface area (Å²) in [7, 11) is 1.90. The van der Waals surface area contributed by atoms with E-state index in [2.05, 4.69) is 25.1 Å². The first-order chi connectivity index (χ1) is 9.74. The molecular weight excluding hydrogens is 254 g/mol. The van der Waals surface area contributed by atoms with Crippen LogP contribution in [0.15, 0.2) is 18.7 Å². The molecule has 1 aliphatic heterocycles. The highest BCUT2D eigenvalue weighted by molar-refractivity contribution is 5.86. The number of hydrogen-bond donors (Lipinski definition) is 0. The minimum absolute atomic E-state index is 0.864. The molecule has 0 amide bonds. The Labute approximate surface area is 115 Å². The van der Waals surface area contributed by atoms with Crippen LogP contribution in [0.3, 0.4) is 0 Å². The second-order valence-electron chi connectivity index (χ2n) is 5.09. The zero-order valence-electron chi connectivity index (χ0n) is 11.5. The van der Waals surface area contributed by atoms with Crippen LogP contribution in [-0.2, 0) is 7.05 Å². The normalized spacial score (nSPS) is 14.8. The molecule has 0 spiro atoms. The van der Waals surface area contributed by atoms with Crippen LogP contribution in [0.4, 0.5) is 5.82 Å². The fourth-order valence-corrected chi connectivity index (χ4v) is 2.56. The van der Waals surface area contributed by atoms with E-state index in [1.54, 1.807) is 11.0 Å². The zero-order valence-corrected chi connectivity index (χ0v) is 11.5. The van der Waals surface area contributed by atoms with Crippen LogP contribution in [0.1, 0.15) is 12.2 Å². The van der Waals surface area contributed by atoms with Crippen LogP contribution in [0, 0.1) is 6.92 Å². The molecule has 0 radical (unpaired) electrons. The first kappa shape index (κ1) is 11.4. The van der Waals surface area contributed by atoms with Crippen molar-refractivity contribution in [2.24, 2.45) is 7.05 Å².